The topological polar surface area (TPSA) is 30.2 Å². The largest absolute Gasteiger partial charge is 0.456 e. The summed E-state index contributed by atoms with van der Waals surface area (Å²) in [6, 6.07) is 16.4. The lowest BCUT2D eigenvalue weighted by molar-refractivity contribution is 0.618. The SMILES string of the molecule is O=c1cc(-c2ccccc2)oc2ccc(SCl)cc12. The number of hydrogen-bond donors (Lipinski definition) is 0. The summed E-state index contributed by atoms with van der Waals surface area (Å²) in [7, 11) is 6.78. The maximum atomic E-state index is 12.1. The second kappa shape index (κ2) is 5.11. The van der Waals surface area contributed by atoms with Gasteiger partial charge in [0.25, 0.3) is 0 Å². The van der Waals surface area contributed by atoms with Gasteiger partial charge in [0, 0.05) is 16.5 Å². The molecule has 0 saturated carbocycles. The number of fused-ring (bicyclic) bond motifs is 1. The third-order valence-electron chi connectivity index (χ3n) is 2.85. The molecule has 94 valence electrons. The van der Waals surface area contributed by atoms with Crippen molar-refractivity contribution in [2.24, 2.45) is 0 Å². The van der Waals surface area contributed by atoms with Crippen LogP contribution in [0.2, 0.25) is 0 Å². The van der Waals surface area contributed by atoms with E-state index in [1.54, 1.807) is 12.1 Å². The number of hydrogen-bond acceptors (Lipinski definition) is 3. The molecule has 19 heavy (non-hydrogen) atoms. The minimum Gasteiger partial charge on any atom is -0.456 e. The molecule has 0 aliphatic heterocycles. The molecule has 0 N–H and O–H groups in total. The molecule has 0 fully saturated rings. The van der Waals surface area contributed by atoms with Gasteiger partial charge in [-0.3, -0.25) is 4.79 Å². The summed E-state index contributed by atoms with van der Waals surface area (Å²) >= 11 is 0. The first kappa shape index (κ1) is 12.3. The zero-order chi connectivity index (χ0) is 13.2. The highest BCUT2D eigenvalue weighted by molar-refractivity contribution is 8.21. The summed E-state index contributed by atoms with van der Waals surface area (Å²) in [6.07, 6.45) is 0. The van der Waals surface area contributed by atoms with Gasteiger partial charge in [-0.1, -0.05) is 30.3 Å². The van der Waals surface area contributed by atoms with E-state index in [-0.39, 0.29) is 5.43 Å². The highest BCUT2D eigenvalue weighted by Crippen LogP contribution is 2.27. The minimum absolute atomic E-state index is 0.0623. The fourth-order valence-electron chi connectivity index (χ4n) is 1.93. The highest BCUT2D eigenvalue weighted by Gasteiger charge is 2.07. The summed E-state index contributed by atoms with van der Waals surface area (Å²) < 4.78 is 5.78. The average molecular weight is 289 g/mol. The smallest absolute Gasteiger partial charge is 0.193 e. The van der Waals surface area contributed by atoms with Gasteiger partial charge < -0.3 is 4.42 Å². The standard InChI is InChI=1S/C15H9ClO2S/c16-19-11-6-7-14-12(8-11)13(17)9-15(18-14)10-4-2-1-3-5-10/h1-9H. The van der Waals surface area contributed by atoms with Gasteiger partial charge in [0.15, 0.2) is 5.43 Å². The summed E-state index contributed by atoms with van der Waals surface area (Å²) in [5.74, 6) is 0.573. The maximum absolute atomic E-state index is 12.1. The quantitative estimate of drug-likeness (QED) is 0.684. The van der Waals surface area contributed by atoms with Crippen molar-refractivity contribution in [3.05, 3.63) is 64.8 Å². The maximum Gasteiger partial charge on any atom is 0.193 e. The molecule has 0 saturated heterocycles. The van der Waals surface area contributed by atoms with Crippen molar-refractivity contribution in [2.75, 3.05) is 0 Å². The van der Waals surface area contributed by atoms with Crippen LogP contribution in [-0.2, 0) is 0 Å². The van der Waals surface area contributed by atoms with Crippen LogP contribution in [0.25, 0.3) is 22.3 Å². The Kier molecular flexibility index (Phi) is 3.32. The van der Waals surface area contributed by atoms with Crippen molar-refractivity contribution in [3.63, 3.8) is 0 Å². The van der Waals surface area contributed by atoms with Crippen LogP contribution in [-0.4, -0.2) is 0 Å². The van der Waals surface area contributed by atoms with Crippen LogP contribution in [0.1, 0.15) is 0 Å². The van der Waals surface area contributed by atoms with Gasteiger partial charge in [-0.25, -0.2) is 0 Å². The normalized spacial score (nSPS) is 10.8. The van der Waals surface area contributed by atoms with E-state index in [9.17, 15) is 4.79 Å². The van der Waals surface area contributed by atoms with Crippen LogP contribution in [0, 0.1) is 0 Å². The van der Waals surface area contributed by atoms with Crippen molar-refractivity contribution in [2.45, 2.75) is 4.90 Å². The van der Waals surface area contributed by atoms with Crippen molar-refractivity contribution >= 4 is 32.6 Å². The van der Waals surface area contributed by atoms with Crippen molar-refractivity contribution in [1.29, 1.82) is 0 Å². The monoisotopic (exact) mass is 288 g/mol. The van der Waals surface area contributed by atoms with Crippen LogP contribution >= 0.6 is 21.7 Å². The Bertz CT molecular complexity index is 781. The second-order valence-electron chi connectivity index (χ2n) is 4.08. The van der Waals surface area contributed by atoms with E-state index < -0.39 is 0 Å². The molecular formula is C15H9ClO2S. The van der Waals surface area contributed by atoms with E-state index in [4.69, 9.17) is 15.1 Å². The Balaban J connectivity index is 2.23. The van der Waals surface area contributed by atoms with E-state index in [1.807, 2.05) is 36.4 Å². The van der Waals surface area contributed by atoms with Crippen molar-refractivity contribution in [3.8, 4) is 11.3 Å². The Morgan fingerprint density at radius 1 is 1.00 bits per heavy atom. The van der Waals surface area contributed by atoms with Gasteiger partial charge in [0.05, 0.1) is 5.39 Å². The second-order valence-corrected chi connectivity index (χ2v) is 5.16. The van der Waals surface area contributed by atoms with E-state index in [1.165, 1.54) is 6.07 Å². The predicted octanol–water partition coefficient (Wildman–Crippen LogP) is 4.71. The molecule has 4 heteroatoms. The van der Waals surface area contributed by atoms with Crippen molar-refractivity contribution in [1.82, 2.24) is 0 Å². The first-order valence-corrected chi connectivity index (χ1v) is 7.34. The third-order valence-corrected chi connectivity index (χ3v) is 3.81. The van der Waals surface area contributed by atoms with Crippen LogP contribution in [0.3, 0.4) is 0 Å². The number of benzene rings is 2. The van der Waals surface area contributed by atoms with Crippen LogP contribution in [0.5, 0.6) is 0 Å². The van der Waals surface area contributed by atoms with Crippen LogP contribution in [0.4, 0.5) is 0 Å². The van der Waals surface area contributed by atoms with E-state index in [0.717, 1.165) is 21.4 Å². The van der Waals surface area contributed by atoms with Crippen LogP contribution < -0.4 is 5.43 Å². The van der Waals surface area contributed by atoms with Crippen LogP contribution in [0.15, 0.2) is 68.7 Å². The molecule has 0 bridgehead atoms. The molecular weight excluding hydrogens is 280 g/mol. The van der Waals surface area contributed by atoms with Gasteiger partial charge in [-0.15, -0.1) is 0 Å². The Morgan fingerprint density at radius 2 is 1.79 bits per heavy atom. The van der Waals surface area contributed by atoms with E-state index in [2.05, 4.69) is 0 Å². The fourth-order valence-corrected chi connectivity index (χ4v) is 2.50. The zero-order valence-electron chi connectivity index (χ0n) is 9.80. The summed E-state index contributed by atoms with van der Waals surface area (Å²) in [5.41, 5.74) is 1.39. The molecule has 3 rings (SSSR count). The summed E-state index contributed by atoms with van der Waals surface area (Å²) in [4.78, 5) is 13.0. The highest BCUT2D eigenvalue weighted by atomic mass is 35.7. The first-order chi connectivity index (χ1) is 9.28. The molecule has 0 radical (unpaired) electrons. The zero-order valence-corrected chi connectivity index (χ0v) is 11.4. The van der Waals surface area contributed by atoms with Gasteiger partial charge in [0.1, 0.15) is 11.3 Å². The Hall–Kier alpha value is -1.71. The lowest BCUT2D eigenvalue weighted by Gasteiger charge is -2.03. The van der Waals surface area contributed by atoms with E-state index in [0.29, 0.717) is 16.7 Å². The Labute approximate surface area is 118 Å². The molecule has 0 spiro atoms. The molecule has 3 aromatic rings. The lowest BCUT2D eigenvalue weighted by Crippen LogP contribution is -2.00. The van der Waals surface area contributed by atoms with Gasteiger partial charge in [-0.2, -0.15) is 0 Å². The summed E-state index contributed by atoms with van der Waals surface area (Å²) in [5, 5.41) is 0.547. The molecule has 0 atom stereocenters. The predicted molar refractivity (Wildman–Crippen MR) is 79.6 cm³/mol. The van der Waals surface area contributed by atoms with Crippen molar-refractivity contribution < 1.29 is 4.42 Å². The molecule has 1 heterocycles. The molecule has 1 aromatic heterocycles. The molecule has 0 aliphatic rings. The molecule has 2 nitrogen and oxygen atoms in total. The molecule has 2 aromatic carbocycles. The minimum atomic E-state index is -0.0623. The molecule has 0 amide bonds. The molecule has 0 aliphatic carbocycles. The first-order valence-electron chi connectivity index (χ1n) is 5.70. The van der Waals surface area contributed by atoms with Gasteiger partial charge in [0.2, 0.25) is 0 Å². The Morgan fingerprint density at radius 3 is 2.53 bits per heavy atom. The van der Waals surface area contributed by atoms with Gasteiger partial charge in [-0.05, 0) is 39.9 Å². The average Bonchev–Trinajstić information content (AvgIpc) is 2.48. The fraction of sp³-hybridized carbons (Fsp3) is 0. The van der Waals surface area contributed by atoms with E-state index >= 15 is 0 Å². The molecule has 0 unspecified atom stereocenters. The van der Waals surface area contributed by atoms with Gasteiger partial charge >= 0.3 is 0 Å². The number of rotatable bonds is 2. The lowest BCUT2D eigenvalue weighted by atomic mass is 10.1. The summed E-state index contributed by atoms with van der Waals surface area (Å²) in [6.45, 7) is 0. The third kappa shape index (κ3) is 2.39. The number of halogens is 1.